The van der Waals surface area contributed by atoms with Crippen molar-refractivity contribution in [1.29, 1.82) is 0 Å². The molecule has 1 aromatic rings. The lowest BCUT2D eigenvalue weighted by molar-refractivity contribution is -0.118. The van der Waals surface area contributed by atoms with E-state index in [0.29, 0.717) is 15.6 Å². The van der Waals surface area contributed by atoms with Gasteiger partial charge in [0.1, 0.15) is 0 Å². The van der Waals surface area contributed by atoms with Crippen molar-refractivity contribution in [3.05, 3.63) is 33.8 Å². The van der Waals surface area contributed by atoms with E-state index in [0.717, 1.165) is 0 Å². The van der Waals surface area contributed by atoms with Gasteiger partial charge in [0.2, 0.25) is 0 Å². The molecule has 1 unspecified atom stereocenters. The Bertz CT molecular complexity index is 338. The average molecular weight is 218 g/mol. The summed E-state index contributed by atoms with van der Waals surface area (Å²) in [5.41, 5.74) is 6.19. The Balaban J connectivity index is 3.15. The van der Waals surface area contributed by atoms with E-state index in [1.807, 2.05) is 0 Å². The summed E-state index contributed by atoms with van der Waals surface area (Å²) in [5.74, 6) is -0.135. The summed E-state index contributed by atoms with van der Waals surface area (Å²) >= 11 is 11.6. The van der Waals surface area contributed by atoms with Crippen molar-refractivity contribution in [3.63, 3.8) is 0 Å². The van der Waals surface area contributed by atoms with Gasteiger partial charge in [0.25, 0.3) is 0 Å². The Morgan fingerprint density at radius 3 is 2.62 bits per heavy atom. The molecule has 0 aliphatic heterocycles. The van der Waals surface area contributed by atoms with E-state index in [1.54, 1.807) is 18.2 Å². The molecule has 0 saturated heterocycles. The zero-order chi connectivity index (χ0) is 10.0. The molecular weight excluding hydrogens is 209 g/mol. The summed E-state index contributed by atoms with van der Waals surface area (Å²) in [6.45, 7) is 1.42. The number of carbonyl (C=O) groups is 1. The molecule has 13 heavy (non-hydrogen) atoms. The van der Waals surface area contributed by atoms with E-state index in [2.05, 4.69) is 0 Å². The number of hydrogen-bond acceptors (Lipinski definition) is 2. The van der Waals surface area contributed by atoms with Crippen molar-refractivity contribution in [2.24, 2.45) is 5.73 Å². The highest BCUT2D eigenvalue weighted by Crippen LogP contribution is 2.29. The summed E-state index contributed by atoms with van der Waals surface area (Å²) in [4.78, 5) is 11.0. The second-order valence-corrected chi connectivity index (χ2v) is 3.52. The molecule has 0 saturated carbocycles. The lowest BCUT2D eigenvalue weighted by Crippen LogP contribution is -2.18. The molecule has 0 heterocycles. The summed E-state index contributed by atoms with van der Waals surface area (Å²) in [6.07, 6.45) is 0. The minimum Gasteiger partial charge on any atom is -0.318 e. The first-order valence-electron chi connectivity index (χ1n) is 3.74. The fourth-order valence-corrected chi connectivity index (χ4v) is 1.41. The Morgan fingerprint density at radius 1 is 1.46 bits per heavy atom. The molecule has 1 rings (SSSR count). The highest BCUT2D eigenvalue weighted by molar-refractivity contribution is 6.42. The topological polar surface area (TPSA) is 43.1 Å². The molecule has 0 radical (unpaired) electrons. The van der Waals surface area contributed by atoms with Crippen LogP contribution in [0.15, 0.2) is 18.2 Å². The van der Waals surface area contributed by atoms with Crippen LogP contribution in [-0.2, 0) is 4.79 Å². The Labute approximate surface area is 86.6 Å². The summed E-state index contributed by atoms with van der Waals surface area (Å²) in [6, 6.07) is 4.37. The molecule has 2 N–H and O–H groups in total. The first-order valence-corrected chi connectivity index (χ1v) is 4.49. The van der Waals surface area contributed by atoms with Crippen LogP contribution in [0.4, 0.5) is 0 Å². The number of rotatable bonds is 2. The molecule has 4 heteroatoms. The number of benzene rings is 1. The van der Waals surface area contributed by atoms with E-state index < -0.39 is 6.04 Å². The SMILES string of the molecule is CC(=O)C(N)c1cccc(Cl)c1Cl. The van der Waals surface area contributed by atoms with Crippen LogP contribution in [0, 0.1) is 0 Å². The fourth-order valence-electron chi connectivity index (χ4n) is 0.980. The Kier molecular flexibility index (Phi) is 3.31. The molecule has 0 fully saturated rings. The van der Waals surface area contributed by atoms with Crippen LogP contribution in [-0.4, -0.2) is 5.78 Å². The third-order valence-corrected chi connectivity index (χ3v) is 2.59. The summed E-state index contributed by atoms with van der Waals surface area (Å²) < 4.78 is 0. The predicted octanol–water partition coefficient (Wildman–Crippen LogP) is 2.58. The highest BCUT2D eigenvalue weighted by Gasteiger charge is 2.15. The fraction of sp³-hybridized carbons (Fsp3) is 0.222. The van der Waals surface area contributed by atoms with Crippen molar-refractivity contribution in [3.8, 4) is 0 Å². The number of carbonyl (C=O) groups excluding carboxylic acids is 1. The van der Waals surface area contributed by atoms with Gasteiger partial charge in [-0.2, -0.15) is 0 Å². The first kappa shape index (κ1) is 10.5. The highest BCUT2D eigenvalue weighted by atomic mass is 35.5. The van der Waals surface area contributed by atoms with Gasteiger partial charge in [-0.05, 0) is 18.6 Å². The molecule has 1 atom stereocenters. The molecule has 0 amide bonds. The van der Waals surface area contributed by atoms with Gasteiger partial charge in [-0.15, -0.1) is 0 Å². The Morgan fingerprint density at radius 2 is 2.08 bits per heavy atom. The van der Waals surface area contributed by atoms with Gasteiger partial charge in [0.15, 0.2) is 5.78 Å². The molecule has 0 aliphatic rings. The zero-order valence-electron chi connectivity index (χ0n) is 7.05. The van der Waals surface area contributed by atoms with E-state index >= 15 is 0 Å². The first-order chi connectivity index (χ1) is 6.04. The second-order valence-electron chi connectivity index (χ2n) is 2.73. The molecular formula is C9H9Cl2NO. The van der Waals surface area contributed by atoms with Crippen LogP contribution in [0.3, 0.4) is 0 Å². The van der Waals surface area contributed by atoms with E-state index in [-0.39, 0.29) is 5.78 Å². The molecule has 2 nitrogen and oxygen atoms in total. The molecule has 0 spiro atoms. The number of Topliss-reactive ketones (excluding diaryl/α,β-unsaturated/α-hetero) is 1. The van der Waals surface area contributed by atoms with Crippen LogP contribution in [0.2, 0.25) is 10.0 Å². The van der Waals surface area contributed by atoms with Gasteiger partial charge < -0.3 is 5.73 Å². The number of nitrogens with two attached hydrogens (primary N) is 1. The standard InChI is InChI=1S/C9H9Cl2NO/c1-5(13)9(12)6-3-2-4-7(10)8(6)11/h2-4,9H,12H2,1H3. The van der Waals surface area contributed by atoms with Crippen LogP contribution in [0.1, 0.15) is 18.5 Å². The van der Waals surface area contributed by atoms with Crippen molar-refractivity contribution in [1.82, 2.24) is 0 Å². The number of ketones is 1. The predicted molar refractivity (Wildman–Crippen MR) is 54.1 cm³/mol. The monoisotopic (exact) mass is 217 g/mol. The maximum Gasteiger partial charge on any atom is 0.151 e. The minimum absolute atomic E-state index is 0.135. The maximum atomic E-state index is 11.0. The van der Waals surface area contributed by atoms with E-state index in [4.69, 9.17) is 28.9 Å². The van der Waals surface area contributed by atoms with Crippen LogP contribution >= 0.6 is 23.2 Å². The normalized spacial score (nSPS) is 12.6. The lowest BCUT2D eigenvalue weighted by Gasteiger charge is -2.10. The number of halogens is 2. The van der Waals surface area contributed by atoms with Gasteiger partial charge in [-0.3, -0.25) is 4.79 Å². The third-order valence-electron chi connectivity index (χ3n) is 1.75. The zero-order valence-corrected chi connectivity index (χ0v) is 8.56. The average Bonchev–Trinajstić information content (AvgIpc) is 2.08. The minimum atomic E-state index is -0.689. The van der Waals surface area contributed by atoms with Gasteiger partial charge >= 0.3 is 0 Å². The summed E-state index contributed by atoms with van der Waals surface area (Å²) in [5, 5.41) is 0.766. The molecule has 0 aromatic heterocycles. The van der Waals surface area contributed by atoms with Gasteiger partial charge in [0, 0.05) is 0 Å². The quantitative estimate of drug-likeness (QED) is 0.828. The van der Waals surface area contributed by atoms with Crippen molar-refractivity contribution in [2.75, 3.05) is 0 Å². The Hall–Kier alpha value is -0.570. The van der Waals surface area contributed by atoms with Gasteiger partial charge in [-0.25, -0.2) is 0 Å². The van der Waals surface area contributed by atoms with Crippen LogP contribution < -0.4 is 5.73 Å². The van der Waals surface area contributed by atoms with Crippen molar-refractivity contribution in [2.45, 2.75) is 13.0 Å². The number of hydrogen-bond donors (Lipinski definition) is 1. The molecule has 0 bridgehead atoms. The lowest BCUT2D eigenvalue weighted by atomic mass is 10.0. The molecule has 70 valence electrons. The smallest absolute Gasteiger partial charge is 0.151 e. The third kappa shape index (κ3) is 2.21. The largest absolute Gasteiger partial charge is 0.318 e. The van der Waals surface area contributed by atoms with Crippen molar-refractivity contribution < 1.29 is 4.79 Å². The van der Waals surface area contributed by atoms with Crippen LogP contribution in [0.25, 0.3) is 0 Å². The van der Waals surface area contributed by atoms with Gasteiger partial charge in [0.05, 0.1) is 16.1 Å². The second kappa shape index (κ2) is 4.09. The van der Waals surface area contributed by atoms with Crippen LogP contribution in [0.5, 0.6) is 0 Å². The van der Waals surface area contributed by atoms with E-state index in [9.17, 15) is 4.79 Å². The molecule has 1 aromatic carbocycles. The van der Waals surface area contributed by atoms with Crippen molar-refractivity contribution >= 4 is 29.0 Å². The molecule has 0 aliphatic carbocycles. The van der Waals surface area contributed by atoms with E-state index in [1.165, 1.54) is 6.92 Å². The van der Waals surface area contributed by atoms with Gasteiger partial charge in [-0.1, -0.05) is 35.3 Å². The summed E-state index contributed by atoms with van der Waals surface area (Å²) in [7, 11) is 0. The maximum absolute atomic E-state index is 11.0.